The van der Waals surface area contributed by atoms with Crippen LogP contribution in [0.2, 0.25) is 0 Å². The summed E-state index contributed by atoms with van der Waals surface area (Å²) in [5.41, 5.74) is 5.04. The Labute approximate surface area is 157 Å². The number of H-pyrrole nitrogens is 1. The van der Waals surface area contributed by atoms with Gasteiger partial charge in [0, 0.05) is 22.8 Å². The van der Waals surface area contributed by atoms with Crippen molar-refractivity contribution in [2.75, 3.05) is 5.32 Å². The van der Waals surface area contributed by atoms with E-state index in [0.29, 0.717) is 17.8 Å². The van der Waals surface area contributed by atoms with Crippen LogP contribution < -0.4 is 5.32 Å². The molecule has 2 saturated carbocycles. The molecular formula is C23H20FN3. The first-order valence-corrected chi connectivity index (χ1v) is 9.80. The number of hydrogen-bond donors (Lipinski definition) is 2. The number of nitrogens with zero attached hydrogens (tertiary/aromatic N) is 1. The minimum absolute atomic E-state index is 0.140. The zero-order valence-corrected chi connectivity index (χ0v) is 14.9. The molecular weight excluding hydrogens is 337 g/mol. The lowest BCUT2D eigenvalue weighted by Crippen LogP contribution is -2.35. The fraction of sp³-hybridized carbons (Fsp3) is 0.348. The van der Waals surface area contributed by atoms with E-state index >= 15 is 0 Å². The fourth-order valence-corrected chi connectivity index (χ4v) is 6.28. The molecule has 2 aromatic carbocycles. The monoisotopic (exact) mass is 357 g/mol. The number of fused-ring (bicyclic) bond motifs is 9. The second-order valence-corrected chi connectivity index (χ2v) is 8.38. The van der Waals surface area contributed by atoms with Crippen LogP contribution >= 0.6 is 0 Å². The molecule has 1 aliphatic heterocycles. The Morgan fingerprint density at radius 2 is 1.96 bits per heavy atom. The Morgan fingerprint density at radius 1 is 1.07 bits per heavy atom. The molecule has 0 amide bonds. The van der Waals surface area contributed by atoms with Crippen LogP contribution in [0.5, 0.6) is 0 Å². The van der Waals surface area contributed by atoms with Gasteiger partial charge in [-0.15, -0.1) is 0 Å². The predicted octanol–water partition coefficient (Wildman–Crippen LogP) is 5.48. The van der Waals surface area contributed by atoms with Gasteiger partial charge in [0.1, 0.15) is 11.9 Å². The lowest BCUT2D eigenvalue weighted by Gasteiger charge is -2.44. The number of aromatic amines is 1. The first-order chi connectivity index (χ1) is 13.2. The lowest BCUT2D eigenvalue weighted by atomic mass is 9.67. The standard InChI is InChI=1S/C23H20FN3/c24-17-4-3-14(10-15(17)11-25)23-21-13-2-1-12(9-13)20(21)22-16-7-8-26-18(16)5-6-19(22)27-23/h3-8,10,12-13,20-21,23,26-27H,1-2,9H2/t12?,13?,20-,21+,23-/m0/s1. The minimum atomic E-state index is -0.434. The molecule has 3 aliphatic rings. The summed E-state index contributed by atoms with van der Waals surface area (Å²) in [6.07, 6.45) is 5.92. The number of halogens is 1. The van der Waals surface area contributed by atoms with E-state index in [2.05, 4.69) is 28.5 Å². The van der Waals surface area contributed by atoms with Crippen molar-refractivity contribution < 1.29 is 4.39 Å². The summed E-state index contributed by atoms with van der Waals surface area (Å²) in [5, 5.41) is 14.4. The van der Waals surface area contributed by atoms with Crippen LogP contribution in [-0.4, -0.2) is 4.98 Å². The summed E-state index contributed by atoms with van der Waals surface area (Å²) in [5.74, 6) is 2.06. The van der Waals surface area contributed by atoms with Gasteiger partial charge in [-0.1, -0.05) is 6.07 Å². The Bertz CT molecular complexity index is 1110. The maximum absolute atomic E-state index is 13.9. The SMILES string of the molecule is N#Cc1cc([C@@H]2Nc3ccc4[nH]ccc4c3[C@H]3C4CCC(C4)[C@@H]23)ccc1F. The van der Waals surface area contributed by atoms with Crippen LogP contribution in [0.25, 0.3) is 10.9 Å². The van der Waals surface area contributed by atoms with Gasteiger partial charge in [-0.2, -0.15) is 5.26 Å². The van der Waals surface area contributed by atoms with Crippen molar-refractivity contribution in [2.45, 2.75) is 31.2 Å². The molecule has 6 rings (SSSR count). The molecule has 2 fully saturated rings. The van der Waals surface area contributed by atoms with Crippen molar-refractivity contribution in [3.8, 4) is 6.07 Å². The van der Waals surface area contributed by atoms with E-state index in [1.54, 1.807) is 6.07 Å². The second kappa shape index (κ2) is 5.36. The molecule has 1 aromatic heterocycles. The van der Waals surface area contributed by atoms with Gasteiger partial charge >= 0.3 is 0 Å². The molecule has 0 spiro atoms. The molecule has 5 atom stereocenters. The summed E-state index contributed by atoms with van der Waals surface area (Å²) in [7, 11) is 0. The molecule has 3 nitrogen and oxygen atoms in total. The van der Waals surface area contributed by atoms with Crippen molar-refractivity contribution in [2.24, 2.45) is 17.8 Å². The molecule has 0 radical (unpaired) electrons. The van der Waals surface area contributed by atoms with E-state index in [4.69, 9.17) is 0 Å². The average molecular weight is 357 g/mol. The lowest BCUT2D eigenvalue weighted by molar-refractivity contribution is 0.249. The van der Waals surface area contributed by atoms with Crippen molar-refractivity contribution in [3.63, 3.8) is 0 Å². The van der Waals surface area contributed by atoms with Crippen LogP contribution in [-0.2, 0) is 0 Å². The molecule has 2 heterocycles. The van der Waals surface area contributed by atoms with Crippen LogP contribution in [0, 0.1) is 34.9 Å². The van der Waals surface area contributed by atoms with E-state index in [1.807, 2.05) is 18.3 Å². The first-order valence-electron chi connectivity index (χ1n) is 9.80. The summed E-state index contributed by atoms with van der Waals surface area (Å²) >= 11 is 0. The van der Waals surface area contributed by atoms with Gasteiger partial charge in [0.05, 0.1) is 11.6 Å². The minimum Gasteiger partial charge on any atom is -0.378 e. The van der Waals surface area contributed by atoms with Crippen LogP contribution in [0.15, 0.2) is 42.6 Å². The Kier molecular flexibility index (Phi) is 3.03. The maximum Gasteiger partial charge on any atom is 0.140 e. The zero-order chi connectivity index (χ0) is 18.1. The second-order valence-electron chi connectivity index (χ2n) is 8.38. The van der Waals surface area contributed by atoms with E-state index in [0.717, 1.165) is 11.5 Å². The summed E-state index contributed by atoms with van der Waals surface area (Å²) in [6, 6.07) is 13.7. The summed E-state index contributed by atoms with van der Waals surface area (Å²) in [6.45, 7) is 0. The highest BCUT2D eigenvalue weighted by Gasteiger charge is 2.54. The molecule has 2 aliphatic carbocycles. The van der Waals surface area contributed by atoms with Gasteiger partial charge in [0.25, 0.3) is 0 Å². The van der Waals surface area contributed by atoms with E-state index in [1.165, 1.54) is 47.5 Å². The van der Waals surface area contributed by atoms with Gasteiger partial charge in [-0.3, -0.25) is 0 Å². The third-order valence-electron chi connectivity index (χ3n) is 7.26. The average Bonchev–Trinajstić information content (AvgIpc) is 3.43. The van der Waals surface area contributed by atoms with Crippen LogP contribution in [0.1, 0.15) is 47.9 Å². The fourth-order valence-electron chi connectivity index (χ4n) is 6.28. The third-order valence-corrected chi connectivity index (χ3v) is 7.26. The van der Waals surface area contributed by atoms with Gasteiger partial charge < -0.3 is 10.3 Å². The Hall–Kier alpha value is -2.80. The number of rotatable bonds is 1. The molecule has 0 saturated heterocycles. The molecule has 2 unspecified atom stereocenters. The molecule has 2 N–H and O–H groups in total. The number of aromatic nitrogens is 1. The van der Waals surface area contributed by atoms with Crippen molar-refractivity contribution >= 4 is 16.6 Å². The van der Waals surface area contributed by atoms with E-state index < -0.39 is 5.82 Å². The van der Waals surface area contributed by atoms with E-state index in [-0.39, 0.29) is 11.6 Å². The Balaban J connectivity index is 1.55. The highest BCUT2D eigenvalue weighted by atomic mass is 19.1. The molecule has 3 aromatic rings. The van der Waals surface area contributed by atoms with Crippen molar-refractivity contribution in [1.82, 2.24) is 4.98 Å². The summed E-state index contributed by atoms with van der Waals surface area (Å²) in [4.78, 5) is 3.35. The highest BCUT2D eigenvalue weighted by molar-refractivity contribution is 5.89. The van der Waals surface area contributed by atoms with Gasteiger partial charge in [-0.25, -0.2) is 4.39 Å². The predicted molar refractivity (Wildman–Crippen MR) is 103 cm³/mol. The largest absolute Gasteiger partial charge is 0.378 e. The normalized spacial score (nSPS) is 30.6. The van der Waals surface area contributed by atoms with Crippen LogP contribution in [0.4, 0.5) is 10.1 Å². The molecule has 4 heteroatoms. The van der Waals surface area contributed by atoms with Crippen molar-refractivity contribution in [3.05, 3.63) is 65.1 Å². The topological polar surface area (TPSA) is 51.6 Å². The number of nitrogens with one attached hydrogen (secondary N) is 2. The van der Waals surface area contributed by atoms with Gasteiger partial charge in [0.2, 0.25) is 0 Å². The summed E-state index contributed by atoms with van der Waals surface area (Å²) < 4.78 is 13.9. The first kappa shape index (κ1) is 15.3. The molecule has 134 valence electrons. The van der Waals surface area contributed by atoms with Gasteiger partial charge in [-0.05, 0) is 84.4 Å². The smallest absolute Gasteiger partial charge is 0.140 e. The number of nitriles is 1. The number of benzene rings is 2. The molecule has 2 bridgehead atoms. The molecule has 27 heavy (non-hydrogen) atoms. The maximum atomic E-state index is 13.9. The third kappa shape index (κ3) is 2.00. The van der Waals surface area contributed by atoms with Gasteiger partial charge in [0.15, 0.2) is 0 Å². The zero-order valence-electron chi connectivity index (χ0n) is 14.9. The number of hydrogen-bond acceptors (Lipinski definition) is 2. The van der Waals surface area contributed by atoms with Crippen LogP contribution in [0.3, 0.4) is 0 Å². The Morgan fingerprint density at radius 3 is 2.85 bits per heavy atom. The number of anilines is 1. The van der Waals surface area contributed by atoms with Crippen molar-refractivity contribution in [1.29, 1.82) is 5.26 Å². The highest BCUT2D eigenvalue weighted by Crippen LogP contribution is 2.64. The van der Waals surface area contributed by atoms with E-state index in [9.17, 15) is 9.65 Å². The quantitative estimate of drug-likeness (QED) is 0.606.